The van der Waals surface area contributed by atoms with Crippen LogP contribution in [0.2, 0.25) is 0 Å². The molecule has 0 radical (unpaired) electrons. The number of nitrogens with one attached hydrogen (secondary N) is 1. The molecule has 2 fully saturated rings. The second-order valence-corrected chi connectivity index (χ2v) is 5.94. The van der Waals surface area contributed by atoms with Crippen molar-refractivity contribution in [3.63, 3.8) is 0 Å². The number of aromatic nitrogens is 2. The Bertz CT molecular complexity index is 485. The number of hydrogen-bond acceptors (Lipinski definition) is 4. The summed E-state index contributed by atoms with van der Waals surface area (Å²) < 4.78 is 1.68. The van der Waals surface area contributed by atoms with E-state index in [0.29, 0.717) is 5.82 Å². The largest absolute Gasteiger partial charge is 0.406 e. The predicted octanol–water partition coefficient (Wildman–Crippen LogP) is 2.57. The lowest BCUT2D eigenvalue weighted by Crippen LogP contribution is -2.16. The SMILES string of the molecule is Cn1cnc([N+](=O)[O-])c1NCC[C@H]1C[C@H]2CC[C@H]1C2. The van der Waals surface area contributed by atoms with Gasteiger partial charge in [-0.2, -0.15) is 0 Å². The fourth-order valence-electron chi connectivity index (χ4n) is 3.86. The maximum Gasteiger partial charge on any atom is 0.406 e. The summed E-state index contributed by atoms with van der Waals surface area (Å²) in [6.45, 7) is 0.800. The zero-order valence-corrected chi connectivity index (χ0v) is 11.2. The average Bonchev–Trinajstić information content (AvgIpc) is 3.05. The van der Waals surface area contributed by atoms with Gasteiger partial charge in [0.25, 0.3) is 0 Å². The first kappa shape index (κ1) is 12.4. The quantitative estimate of drug-likeness (QED) is 0.655. The molecule has 0 spiro atoms. The molecule has 19 heavy (non-hydrogen) atoms. The molecule has 0 amide bonds. The molecule has 2 aliphatic rings. The fourth-order valence-corrected chi connectivity index (χ4v) is 3.86. The van der Waals surface area contributed by atoms with Gasteiger partial charge in [0.1, 0.15) is 0 Å². The molecule has 0 saturated heterocycles. The molecule has 0 aliphatic heterocycles. The number of hydrogen-bond donors (Lipinski definition) is 1. The summed E-state index contributed by atoms with van der Waals surface area (Å²) in [5.41, 5.74) is 0. The molecule has 2 saturated carbocycles. The van der Waals surface area contributed by atoms with Gasteiger partial charge in [-0.15, -0.1) is 0 Å². The molecule has 6 heteroatoms. The predicted molar refractivity (Wildman–Crippen MR) is 71.9 cm³/mol. The number of aryl methyl sites for hydroxylation is 1. The number of imidazole rings is 1. The van der Waals surface area contributed by atoms with E-state index in [0.717, 1.165) is 30.7 Å². The highest BCUT2D eigenvalue weighted by atomic mass is 16.6. The van der Waals surface area contributed by atoms with Crippen LogP contribution in [-0.4, -0.2) is 21.0 Å². The number of nitro groups is 1. The Kier molecular flexibility index (Phi) is 3.16. The Hall–Kier alpha value is -1.59. The summed E-state index contributed by atoms with van der Waals surface area (Å²) in [7, 11) is 1.78. The number of rotatable bonds is 5. The van der Waals surface area contributed by atoms with Gasteiger partial charge < -0.3 is 15.4 Å². The zero-order valence-electron chi connectivity index (χ0n) is 11.2. The van der Waals surface area contributed by atoms with Gasteiger partial charge in [-0.25, -0.2) is 0 Å². The smallest absolute Gasteiger partial charge is 0.364 e. The Balaban J connectivity index is 1.55. The van der Waals surface area contributed by atoms with Crippen LogP contribution in [0.25, 0.3) is 0 Å². The topological polar surface area (TPSA) is 73.0 Å². The molecular weight excluding hydrogens is 244 g/mol. The van der Waals surface area contributed by atoms with E-state index in [1.807, 2.05) is 0 Å². The molecule has 1 aromatic heterocycles. The van der Waals surface area contributed by atoms with Crippen LogP contribution >= 0.6 is 0 Å². The summed E-state index contributed by atoms with van der Waals surface area (Å²) in [5, 5.41) is 14.0. The lowest BCUT2D eigenvalue weighted by atomic mass is 9.86. The second-order valence-electron chi connectivity index (χ2n) is 5.94. The van der Waals surface area contributed by atoms with E-state index in [-0.39, 0.29) is 5.82 Å². The van der Waals surface area contributed by atoms with Gasteiger partial charge in [0.05, 0.1) is 0 Å². The number of nitrogens with zero attached hydrogens (tertiary/aromatic N) is 3. The molecule has 2 bridgehead atoms. The van der Waals surface area contributed by atoms with Gasteiger partial charge >= 0.3 is 5.82 Å². The third kappa shape index (κ3) is 2.31. The van der Waals surface area contributed by atoms with Gasteiger partial charge in [0.15, 0.2) is 0 Å². The van der Waals surface area contributed by atoms with Gasteiger partial charge in [0.2, 0.25) is 12.1 Å². The minimum Gasteiger partial charge on any atom is -0.364 e. The van der Waals surface area contributed by atoms with Crippen molar-refractivity contribution in [3.8, 4) is 0 Å². The van der Waals surface area contributed by atoms with Crippen LogP contribution in [0, 0.1) is 27.9 Å². The first-order valence-corrected chi connectivity index (χ1v) is 7.04. The minimum atomic E-state index is -0.431. The van der Waals surface area contributed by atoms with Crippen molar-refractivity contribution in [2.45, 2.75) is 32.1 Å². The van der Waals surface area contributed by atoms with E-state index in [9.17, 15) is 10.1 Å². The Labute approximate surface area is 112 Å². The van der Waals surface area contributed by atoms with Crippen molar-refractivity contribution < 1.29 is 4.92 Å². The van der Waals surface area contributed by atoms with E-state index in [4.69, 9.17) is 0 Å². The van der Waals surface area contributed by atoms with Gasteiger partial charge in [-0.05, 0) is 53.3 Å². The van der Waals surface area contributed by atoms with Gasteiger partial charge in [0, 0.05) is 13.6 Å². The molecule has 1 aromatic rings. The third-order valence-electron chi connectivity index (χ3n) is 4.78. The van der Waals surface area contributed by atoms with E-state index in [1.165, 1.54) is 32.0 Å². The summed E-state index contributed by atoms with van der Waals surface area (Å²) in [6, 6.07) is 0. The Morgan fingerprint density at radius 3 is 3.00 bits per heavy atom. The zero-order chi connectivity index (χ0) is 13.4. The molecule has 0 aromatic carbocycles. The number of fused-ring (bicyclic) bond motifs is 2. The van der Waals surface area contributed by atoms with Crippen LogP contribution in [0.15, 0.2) is 6.33 Å². The minimum absolute atomic E-state index is 0.0737. The highest BCUT2D eigenvalue weighted by molar-refractivity contribution is 5.51. The molecule has 3 atom stereocenters. The lowest BCUT2D eigenvalue weighted by molar-refractivity contribution is -0.388. The third-order valence-corrected chi connectivity index (χ3v) is 4.78. The first-order valence-electron chi connectivity index (χ1n) is 7.04. The van der Waals surface area contributed by atoms with Gasteiger partial charge in [-0.3, -0.25) is 4.57 Å². The summed E-state index contributed by atoms with van der Waals surface area (Å²) in [5.74, 6) is 3.14. The monoisotopic (exact) mass is 264 g/mol. The Morgan fingerprint density at radius 2 is 2.37 bits per heavy atom. The molecule has 6 nitrogen and oxygen atoms in total. The van der Waals surface area contributed by atoms with Crippen LogP contribution in [0.1, 0.15) is 32.1 Å². The van der Waals surface area contributed by atoms with Crippen LogP contribution in [-0.2, 0) is 7.05 Å². The molecule has 104 valence electrons. The molecule has 3 rings (SSSR count). The van der Waals surface area contributed by atoms with Crippen molar-refractivity contribution in [1.29, 1.82) is 0 Å². The lowest BCUT2D eigenvalue weighted by Gasteiger charge is -2.21. The maximum atomic E-state index is 10.8. The van der Waals surface area contributed by atoms with Crippen LogP contribution < -0.4 is 5.32 Å². The van der Waals surface area contributed by atoms with Crippen molar-refractivity contribution >= 4 is 11.6 Å². The average molecular weight is 264 g/mol. The molecule has 2 aliphatic carbocycles. The molecule has 1 heterocycles. The van der Waals surface area contributed by atoms with E-state index >= 15 is 0 Å². The summed E-state index contributed by atoms with van der Waals surface area (Å²) in [6.07, 6.45) is 8.18. The van der Waals surface area contributed by atoms with Crippen molar-refractivity contribution in [2.75, 3.05) is 11.9 Å². The highest BCUT2D eigenvalue weighted by Gasteiger charge is 2.38. The maximum absolute atomic E-state index is 10.8. The molecule has 1 N–H and O–H groups in total. The summed E-state index contributed by atoms with van der Waals surface area (Å²) >= 11 is 0. The van der Waals surface area contributed by atoms with E-state index in [2.05, 4.69) is 10.3 Å². The molecule has 0 unspecified atom stereocenters. The van der Waals surface area contributed by atoms with Crippen LogP contribution in [0.3, 0.4) is 0 Å². The van der Waals surface area contributed by atoms with Crippen molar-refractivity contribution in [3.05, 3.63) is 16.4 Å². The first-order chi connectivity index (χ1) is 9.15. The highest BCUT2D eigenvalue weighted by Crippen LogP contribution is 2.49. The van der Waals surface area contributed by atoms with Crippen LogP contribution in [0.4, 0.5) is 11.6 Å². The standard InChI is InChI=1S/C13H20N4O2/c1-16-8-15-13(17(18)19)12(16)14-5-4-11-7-9-2-3-10(11)6-9/h8-11,14H,2-7H2,1H3/t9-,10-,11-/m0/s1. The fraction of sp³-hybridized carbons (Fsp3) is 0.769. The van der Waals surface area contributed by atoms with E-state index < -0.39 is 4.92 Å². The Morgan fingerprint density at radius 1 is 1.53 bits per heavy atom. The second kappa shape index (κ2) is 4.83. The van der Waals surface area contributed by atoms with E-state index in [1.54, 1.807) is 11.6 Å². The normalized spacial score (nSPS) is 28.8. The van der Waals surface area contributed by atoms with Crippen LogP contribution in [0.5, 0.6) is 0 Å². The number of anilines is 1. The van der Waals surface area contributed by atoms with Gasteiger partial charge in [-0.1, -0.05) is 6.42 Å². The molecular formula is C13H20N4O2. The van der Waals surface area contributed by atoms with Crippen molar-refractivity contribution in [1.82, 2.24) is 9.55 Å². The summed E-state index contributed by atoms with van der Waals surface area (Å²) in [4.78, 5) is 14.2. The van der Waals surface area contributed by atoms with Crippen molar-refractivity contribution in [2.24, 2.45) is 24.8 Å².